The molecule has 6 heteroatoms. The lowest BCUT2D eigenvalue weighted by Gasteiger charge is -2.14. The summed E-state index contributed by atoms with van der Waals surface area (Å²) in [6.07, 6.45) is -4.00. The predicted molar refractivity (Wildman–Crippen MR) is 64.4 cm³/mol. The van der Waals surface area contributed by atoms with Crippen LogP contribution in [0.25, 0.3) is 0 Å². The topological polar surface area (TPSA) is 85.2 Å². The lowest BCUT2D eigenvalue weighted by Crippen LogP contribution is -2.35. The van der Waals surface area contributed by atoms with Crippen LogP contribution in [0.5, 0.6) is 0 Å². The van der Waals surface area contributed by atoms with Gasteiger partial charge in [-0.25, -0.2) is 4.79 Å². The number of aliphatic hydroxyl groups is 2. The van der Waals surface area contributed by atoms with Crippen molar-refractivity contribution >= 4 is 5.97 Å². The summed E-state index contributed by atoms with van der Waals surface area (Å²) in [7, 11) is 1.36. The van der Waals surface area contributed by atoms with Crippen molar-refractivity contribution in [3.8, 4) is 0 Å². The molecule has 0 amide bonds. The standard InChI is InChI=1S/C13H16O6/c1-17-13-11(15)10(14)9(19-13)7-18-12(16)8-5-3-2-4-6-8/h2-6,9-11,13-15H,7H2,1H3/t9-,10+,11-,13?/m1/s1. The van der Waals surface area contributed by atoms with Crippen LogP contribution in [0, 0.1) is 0 Å². The van der Waals surface area contributed by atoms with E-state index >= 15 is 0 Å². The molecule has 2 N–H and O–H groups in total. The molecule has 0 spiro atoms. The van der Waals surface area contributed by atoms with Crippen molar-refractivity contribution in [1.29, 1.82) is 0 Å². The van der Waals surface area contributed by atoms with Gasteiger partial charge in [0.25, 0.3) is 0 Å². The summed E-state index contributed by atoms with van der Waals surface area (Å²) in [4.78, 5) is 11.7. The van der Waals surface area contributed by atoms with Gasteiger partial charge in [0.1, 0.15) is 24.9 Å². The van der Waals surface area contributed by atoms with Crippen LogP contribution in [-0.4, -0.2) is 54.5 Å². The highest BCUT2D eigenvalue weighted by Crippen LogP contribution is 2.22. The summed E-state index contributed by atoms with van der Waals surface area (Å²) in [5.41, 5.74) is 0.416. The first-order valence-corrected chi connectivity index (χ1v) is 5.90. The number of ether oxygens (including phenoxy) is 3. The summed E-state index contributed by atoms with van der Waals surface area (Å²) < 4.78 is 15.1. The Morgan fingerprint density at radius 2 is 1.95 bits per heavy atom. The van der Waals surface area contributed by atoms with E-state index in [-0.39, 0.29) is 6.61 Å². The van der Waals surface area contributed by atoms with Gasteiger partial charge in [0.2, 0.25) is 0 Å². The molecule has 1 aliphatic rings. The van der Waals surface area contributed by atoms with Gasteiger partial charge in [-0.2, -0.15) is 0 Å². The van der Waals surface area contributed by atoms with Crippen LogP contribution >= 0.6 is 0 Å². The lowest BCUT2D eigenvalue weighted by molar-refractivity contribution is -0.153. The maximum absolute atomic E-state index is 11.7. The number of rotatable bonds is 4. The number of hydrogen-bond acceptors (Lipinski definition) is 6. The largest absolute Gasteiger partial charge is 0.459 e. The van der Waals surface area contributed by atoms with Gasteiger partial charge in [-0.1, -0.05) is 18.2 Å². The highest BCUT2D eigenvalue weighted by Gasteiger charge is 2.43. The Labute approximate surface area is 110 Å². The fourth-order valence-corrected chi connectivity index (χ4v) is 1.86. The summed E-state index contributed by atoms with van der Waals surface area (Å²) >= 11 is 0. The van der Waals surface area contributed by atoms with E-state index in [1.54, 1.807) is 30.3 Å². The van der Waals surface area contributed by atoms with Crippen LogP contribution in [0.4, 0.5) is 0 Å². The SMILES string of the molecule is COC1O[C@H](COC(=O)c2ccccc2)[C@H](O)[C@H]1O. The second-order valence-corrected chi connectivity index (χ2v) is 4.22. The number of aliphatic hydroxyl groups excluding tert-OH is 2. The van der Waals surface area contributed by atoms with Gasteiger partial charge in [-0.3, -0.25) is 0 Å². The molecule has 104 valence electrons. The van der Waals surface area contributed by atoms with Crippen molar-refractivity contribution in [2.45, 2.75) is 24.6 Å². The van der Waals surface area contributed by atoms with Crippen LogP contribution < -0.4 is 0 Å². The zero-order valence-electron chi connectivity index (χ0n) is 10.4. The fraction of sp³-hybridized carbons (Fsp3) is 0.462. The smallest absolute Gasteiger partial charge is 0.338 e. The number of carbonyl (C=O) groups excluding carboxylic acids is 1. The highest BCUT2D eigenvalue weighted by molar-refractivity contribution is 5.89. The van der Waals surface area contributed by atoms with Crippen molar-refractivity contribution in [3.05, 3.63) is 35.9 Å². The number of carbonyl (C=O) groups is 1. The van der Waals surface area contributed by atoms with Gasteiger partial charge in [0, 0.05) is 7.11 Å². The third kappa shape index (κ3) is 3.10. The van der Waals surface area contributed by atoms with Gasteiger partial charge in [0.15, 0.2) is 6.29 Å². The van der Waals surface area contributed by atoms with E-state index in [4.69, 9.17) is 14.2 Å². The van der Waals surface area contributed by atoms with Crippen LogP contribution in [0.3, 0.4) is 0 Å². The molecule has 1 aromatic carbocycles. The Morgan fingerprint density at radius 3 is 2.53 bits per heavy atom. The Balaban J connectivity index is 1.88. The Kier molecular flexibility index (Phi) is 4.49. The van der Waals surface area contributed by atoms with E-state index in [9.17, 15) is 15.0 Å². The second kappa shape index (κ2) is 6.12. The third-order valence-electron chi connectivity index (χ3n) is 2.94. The van der Waals surface area contributed by atoms with E-state index < -0.39 is 30.6 Å². The zero-order chi connectivity index (χ0) is 13.8. The number of benzene rings is 1. The minimum absolute atomic E-state index is 0.147. The minimum Gasteiger partial charge on any atom is -0.459 e. The summed E-state index contributed by atoms with van der Waals surface area (Å²) in [5, 5.41) is 19.3. The summed E-state index contributed by atoms with van der Waals surface area (Å²) in [6, 6.07) is 8.49. The monoisotopic (exact) mass is 268 g/mol. The van der Waals surface area contributed by atoms with Gasteiger partial charge in [-0.05, 0) is 12.1 Å². The second-order valence-electron chi connectivity index (χ2n) is 4.22. The van der Waals surface area contributed by atoms with E-state index in [0.717, 1.165) is 0 Å². The molecule has 1 heterocycles. The van der Waals surface area contributed by atoms with Crippen molar-refractivity contribution in [1.82, 2.24) is 0 Å². The van der Waals surface area contributed by atoms with Gasteiger partial charge >= 0.3 is 5.97 Å². The summed E-state index contributed by atoms with van der Waals surface area (Å²) in [5.74, 6) is -0.508. The van der Waals surface area contributed by atoms with Gasteiger partial charge < -0.3 is 24.4 Å². The molecule has 6 nitrogen and oxygen atoms in total. The first kappa shape index (κ1) is 14.0. The molecular weight excluding hydrogens is 252 g/mol. The van der Waals surface area contributed by atoms with E-state index in [2.05, 4.69) is 0 Å². The molecule has 0 radical (unpaired) electrons. The van der Waals surface area contributed by atoms with Crippen LogP contribution in [0.1, 0.15) is 10.4 Å². The molecule has 1 aliphatic heterocycles. The molecule has 2 rings (SSSR count). The molecule has 19 heavy (non-hydrogen) atoms. The molecule has 1 saturated heterocycles. The third-order valence-corrected chi connectivity index (χ3v) is 2.94. The molecule has 1 fully saturated rings. The quantitative estimate of drug-likeness (QED) is 0.744. The van der Waals surface area contributed by atoms with E-state index in [0.29, 0.717) is 5.56 Å². The molecule has 0 saturated carbocycles. The predicted octanol–water partition coefficient (Wildman–Crippen LogP) is -0.0635. The normalized spacial score (nSPS) is 30.3. The van der Waals surface area contributed by atoms with Crippen molar-refractivity contribution < 1.29 is 29.2 Å². The first-order chi connectivity index (χ1) is 9.13. The molecule has 4 atom stereocenters. The Hall–Kier alpha value is -1.47. The van der Waals surface area contributed by atoms with E-state index in [1.807, 2.05) is 0 Å². The molecule has 1 unspecified atom stereocenters. The van der Waals surface area contributed by atoms with Crippen LogP contribution in [0.2, 0.25) is 0 Å². The molecule has 0 aromatic heterocycles. The van der Waals surface area contributed by atoms with Crippen molar-refractivity contribution in [2.24, 2.45) is 0 Å². The van der Waals surface area contributed by atoms with Gasteiger partial charge in [0.05, 0.1) is 5.56 Å². The van der Waals surface area contributed by atoms with Crippen molar-refractivity contribution in [3.63, 3.8) is 0 Å². The lowest BCUT2D eigenvalue weighted by atomic mass is 10.1. The maximum atomic E-state index is 11.7. The average Bonchev–Trinajstić information content (AvgIpc) is 2.73. The van der Waals surface area contributed by atoms with Crippen molar-refractivity contribution in [2.75, 3.05) is 13.7 Å². The summed E-state index contributed by atoms with van der Waals surface area (Å²) in [6.45, 7) is -0.147. The molecular formula is C13H16O6. The first-order valence-electron chi connectivity index (χ1n) is 5.90. The molecule has 0 bridgehead atoms. The number of hydrogen-bond donors (Lipinski definition) is 2. The fourth-order valence-electron chi connectivity index (χ4n) is 1.86. The van der Waals surface area contributed by atoms with Gasteiger partial charge in [-0.15, -0.1) is 0 Å². The molecule has 0 aliphatic carbocycles. The zero-order valence-corrected chi connectivity index (χ0v) is 10.4. The Morgan fingerprint density at radius 1 is 1.26 bits per heavy atom. The van der Waals surface area contributed by atoms with Crippen LogP contribution in [-0.2, 0) is 14.2 Å². The highest BCUT2D eigenvalue weighted by atomic mass is 16.7. The maximum Gasteiger partial charge on any atom is 0.338 e. The van der Waals surface area contributed by atoms with E-state index in [1.165, 1.54) is 7.11 Å². The van der Waals surface area contributed by atoms with Crippen LogP contribution in [0.15, 0.2) is 30.3 Å². The Bertz CT molecular complexity index is 420. The molecule has 1 aromatic rings. The average molecular weight is 268 g/mol. The minimum atomic E-state index is -1.15. The number of esters is 1. The number of methoxy groups -OCH3 is 1.